The van der Waals surface area contributed by atoms with E-state index in [-0.39, 0.29) is 17.5 Å². The van der Waals surface area contributed by atoms with Crippen LogP contribution in [0.4, 0.5) is 4.39 Å². The van der Waals surface area contributed by atoms with Gasteiger partial charge < -0.3 is 14.8 Å². The molecular weight excluding hydrogens is 325 g/mol. The van der Waals surface area contributed by atoms with Gasteiger partial charge in [-0.1, -0.05) is 26.7 Å². The van der Waals surface area contributed by atoms with Crippen LogP contribution in [0.15, 0.2) is 18.2 Å². The van der Waals surface area contributed by atoms with Crippen LogP contribution < -0.4 is 10.1 Å². The maximum atomic E-state index is 13.9. The molecule has 138 valence electrons. The van der Waals surface area contributed by atoms with E-state index >= 15 is 0 Å². The van der Waals surface area contributed by atoms with Crippen LogP contribution in [0, 0.1) is 17.7 Å². The molecular formula is C19H26FNO4. The number of ether oxygens (including phenoxy) is 2. The maximum Gasteiger partial charge on any atom is 0.341 e. The minimum atomic E-state index is -0.988. The quantitative estimate of drug-likeness (QED) is 0.827. The monoisotopic (exact) mass is 351 g/mol. The molecule has 0 saturated heterocycles. The Balaban J connectivity index is 1.95. The summed E-state index contributed by atoms with van der Waals surface area (Å²) in [6, 6.07) is 3.93. The highest BCUT2D eigenvalue weighted by Gasteiger charge is 2.30. The molecule has 6 heteroatoms. The average molecular weight is 351 g/mol. The van der Waals surface area contributed by atoms with Gasteiger partial charge in [-0.05, 0) is 37.3 Å². The molecule has 0 bridgehead atoms. The van der Waals surface area contributed by atoms with E-state index < -0.39 is 17.9 Å². The fraction of sp³-hybridized carbons (Fsp3) is 0.579. The van der Waals surface area contributed by atoms with E-state index in [1.54, 1.807) is 0 Å². The molecule has 1 aromatic rings. The molecule has 0 unspecified atom stereocenters. The van der Waals surface area contributed by atoms with Crippen molar-refractivity contribution in [3.8, 4) is 5.75 Å². The molecule has 1 N–H and O–H groups in total. The summed E-state index contributed by atoms with van der Waals surface area (Å²) in [4.78, 5) is 24.4. The number of carbonyl (C=O) groups is 2. The lowest BCUT2D eigenvalue weighted by atomic mass is 9.78. The molecule has 1 aromatic carbocycles. The first kappa shape index (κ1) is 19.2. The number of carbonyl (C=O) groups excluding carboxylic acids is 2. The van der Waals surface area contributed by atoms with E-state index in [0.29, 0.717) is 17.6 Å². The van der Waals surface area contributed by atoms with Crippen LogP contribution in [-0.2, 0) is 9.53 Å². The van der Waals surface area contributed by atoms with Gasteiger partial charge in [0.2, 0.25) is 0 Å². The van der Waals surface area contributed by atoms with Gasteiger partial charge in [-0.25, -0.2) is 9.18 Å². The zero-order chi connectivity index (χ0) is 18.6. The normalized spacial score (nSPS) is 24.3. The lowest BCUT2D eigenvalue weighted by Gasteiger charge is -2.35. The molecule has 0 radical (unpaired) electrons. The van der Waals surface area contributed by atoms with Crippen LogP contribution in [0.5, 0.6) is 5.75 Å². The SMILES string of the molecule is COc1ccc(C(=O)O[C@H](C)C(=O)N[C@H]2CCC[C@@H](C)[C@H]2C)c(F)c1. The summed E-state index contributed by atoms with van der Waals surface area (Å²) in [5.41, 5.74) is -0.222. The van der Waals surface area contributed by atoms with Gasteiger partial charge in [0.1, 0.15) is 11.6 Å². The first-order valence-electron chi connectivity index (χ1n) is 8.68. The molecule has 1 aliphatic carbocycles. The predicted octanol–water partition coefficient (Wildman–Crippen LogP) is 3.32. The Kier molecular flexibility index (Phi) is 6.39. The molecule has 1 saturated carbocycles. The van der Waals surface area contributed by atoms with Crippen LogP contribution in [0.3, 0.4) is 0 Å². The lowest BCUT2D eigenvalue weighted by Crippen LogP contribution is -2.47. The molecule has 0 spiro atoms. The van der Waals surface area contributed by atoms with E-state index in [4.69, 9.17) is 9.47 Å². The molecule has 25 heavy (non-hydrogen) atoms. The summed E-state index contributed by atoms with van der Waals surface area (Å²) >= 11 is 0. The van der Waals surface area contributed by atoms with Crippen molar-refractivity contribution in [2.75, 3.05) is 7.11 Å². The second kappa shape index (κ2) is 8.32. The van der Waals surface area contributed by atoms with Crippen molar-refractivity contribution in [1.29, 1.82) is 0 Å². The zero-order valence-electron chi connectivity index (χ0n) is 15.2. The number of hydrogen-bond acceptors (Lipinski definition) is 4. The van der Waals surface area contributed by atoms with Crippen LogP contribution in [0.25, 0.3) is 0 Å². The predicted molar refractivity (Wildman–Crippen MR) is 91.9 cm³/mol. The standard InChI is InChI=1S/C19H26FNO4/c1-11-6-5-7-17(12(11)2)21-18(22)13(3)25-19(23)15-9-8-14(24-4)10-16(15)20/h8-13,17H,5-7H2,1-4H3,(H,21,22)/t11-,12-,13-,17+/m1/s1. The van der Waals surface area contributed by atoms with Gasteiger partial charge in [0.15, 0.2) is 6.10 Å². The molecule has 0 aliphatic heterocycles. The number of amides is 1. The smallest absolute Gasteiger partial charge is 0.341 e. The number of rotatable bonds is 5. The Labute approximate surface area is 147 Å². The summed E-state index contributed by atoms with van der Waals surface area (Å²) in [7, 11) is 1.41. The highest BCUT2D eigenvalue weighted by atomic mass is 19.1. The first-order chi connectivity index (χ1) is 11.8. The number of hydrogen-bond donors (Lipinski definition) is 1. The summed E-state index contributed by atoms with van der Waals surface area (Å²) in [5.74, 6) is -0.738. The van der Waals surface area contributed by atoms with Crippen LogP contribution >= 0.6 is 0 Å². The maximum absolute atomic E-state index is 13.9. The molecule has 1 fully saturated rings. The van der Waals surface area contributed by atoms with Crippen molar-refractivity contribution < 1.29 is 23.5 Å². The number of nitrogens with one attached hydrogen (secondary N) is 1. The Bertz CT molecular complexity index is 634. The van der Waals surface area contributed by atoms with Crippen molar-refractivity contribution in [3.05, 3.63) is 29.6 Å². The Morgan fingerprint density at radius 3 is 2.64 bits per heavy atom. The van der Waals surface area contributed by atoms with Crippen molar-refractivity contribution in [3.63, 3.8) is 0 Å². The zero-order valence-corrected chi connectivity index (χ0v) is 15.2. The third-order valence-corrected chi connectivity index (χ3v) is 5.08. The molecule has 4 atom stereocenters. The Morgan fingerprint density at radius 2 is 2.00 bits per heavy atom. The molecule has 5 nitrogen and oxygen atoms in total. The van der Waals surface area contributed by atoms with E-state index in [0.717, 1.165) is 25.3 Å². The number of methoxy groups -OCH3 is 1. The van der Waals surface area contributed by atoms with E-state index in [1.807, 2.05) is 0 Å². The minimum absolute atomic E-state index is 0.0788. The summed E-state index contributed by atoms with van der Waals surface area (Å²) in [6.45, 7) is 5.79. The molecule has 1 amide bonds. The third kappa shape index (κ3) is 4.71. The van der Waals surface area contributed by atoms with Gasteiger partial charge >= 0.3 is 5.97 Å². The van der Waals surface area contributed by atoms with Gasteiger partial charge in [0.25, 0.3) is 5.91 Å². The second-order valence-electron chi connectivity index (χ2n) is 6.78. The molecule has 1 aliphatic rings. The van der Waals surface area contributed by atoms with Crippen molar-refractivity contribution in [1.82, 2.24) is 5.32 Å². The summed E-state index contributed by atoms with van der Waals surface area (Å²) < 4.78 is 23.9. The van der Waals surface area contributed by atoms with Gasteiger partial charge in [-0.15, -0.1) is 0 Å². The fourth-order valence-corrected chi connectivity index (χ4v) is 3.15. The Hall–Kier alpha value is -2.11. The van der Waals surface area contributed by atoms with Gasteiger partial charge in [-0.2, -0.15) is 0 Å². The third-order valence-electron chi connectivity index (χ3n) is 5.08. The fourth-order valence-electron chi connectivity index (χ4n) is 3.15. The minimum Gasteiger partial charge on any atom is -0.497 e. The number of halogens is 1. The van der Waals surface area contributed by atoms with Crippen LogP contribution in [0.1, 0.15) is 50.4 Å². The van der Waals surface area contributed by atoms with E-state index in [2.05, 4.69) is 19.2 Å². The van der Waals surface area contributed by atoms with Crippen LogP contribution in [-0.4, -0.2) is 31.1 Å². The number of benzene rings is 1. The van der Waals surface area contributed by atoms with E-state index in [1.165, 1.54) is 26.2 Å². The topological polar surface area (TPSA) is 64.6 Å². The Morgan fingerprint density at radius 1 is 1.28 bits per heavy atom. The molecule has 0 heterocycles. The first-order valence-corrected chi connectivity index (χ1v) is 8.68. The molecule has 2 rings (SSSR count). The van der Waals surface area contributed by atoms with Crippen molar-refractivity contribution in [2.24, 2.45) is 11.8 Å². The van der Waals surface area contributed by atoms with Gasteiger partial charge in [0, 0.05) is 12.1 Å². The second-order valence-corrected chi connectivity index (χ2v) is 6.78. The van der Waals surface area contributed by atoms with Gasteiger partial charge in [0.05, 0.1) is 12.7 Å². The largest absolute Gasteiger partial charge is 0.497 e. The van der Waals surface area contributed by atoms with Crippen molar-refractivity contribution >= 4 is 11.9 Å². The highest BCUT2D eigenvalue weighted by molar-refractivity contribution is 5.92. The van der Waals surface area contributed by atoms with Crippen LogP contribution in [0.2, 0.25) is 0 Å². The lowest BCUT2D eigenvalue weighted by molar-refractivity contribution is -0.130. The highest BCUT2D eigenvalue weighted by Crippen LogP contribution is 2.29. The average Bonchev–Trinajstić information content (AvgIpc) is 2.58. The van der Waals surface area contributed by atoms with Crippen molar-refractivity contribution in [2.45, 2.75) is 52.2 Å². The van der Waals surface area contributed by atoms with E-state index in [9.17, 15) is 14.0 Å². The van der Waals surface area contributed by atoms with Gasteiger partial charge in [-0.3, -0.25) is 4.79 Å². The number of esters is 1. The summed E-state index contributed by atoms with van der Waals surface area (Å²) in [5, 5.41) is 2.96. The summed E-state index contributed by atoms with van der Waals surface area (Å²) in [6.07, 6.45) is 2.17. The molecule has 0 aromatic heterocycles.